The van der Waals surface area contributed by atoms with Crippen molar-refractivity contribution in [3.63, 3.8) is 0 Å². The van der Waals surface area contributed by atoms with E-state index in [1.165, 1.54) is 17.7 Å². The van der Waals surface area contributed by atoms with Crippen LogP contribution in [0.3, 0.4) is 0 Å². The molecule has 0 aliphatic heterocycles. The van der Waals surface area contributed by atoms with Gasteiger partial charge in [0.2, 0.25) is 5.95 Å². The number of halogens is 1. The van der Waals surface area contributed by atoms with Crippen molar-refractivity contribution in [1.29, 1.82) is 0 Å². The first kappa shape index (κ1) is 16.8. The van der Waals surface area contributed by atoms with E-state index in [1.54, 1.807) is 24.5 Å². The van der Waals surface area contributed by atoms with Gasteiger partial charge < -0.3 is 10.6 Å². The maximum atomic E-state index is 13.2. The molecular weight excluding hydrogens is 343 g/mol. The van der Waals surface area contributed by atoms with Crippen molar-refractivity contribution in [3.8, 4) is 0 Å². The van der Waals surface area contributed by atoms with Crippen molar-refractivity contribution < 1.29 is 4.39 Å². The van der Waals surface area contributed by atoms with Crippen LogP contribution in [0, 0.1) is 19.7 Å². The average Bonchev–Trinajstić information content (AvgIpc) is 2.66. The van der Waals surface area contributed by atoms with E-state index < -0.39 is 0 Å². The SMILES string of the molecule is Cc1ccc(Nc2nc(Nc3ccc(F)cc3)c3nccnc3n2)c(C)c1. The second-order valence-electron chi connectivity index (χ2n) is 6.20. The Labute approximate surface area is 155 Å². The van der Waals surface area contributed by atoms with E-state index in [2.05, 4.69) is 36.6 Å². The van der Waals surface area contributed by atoms with Crippen molar-refractivity contribution in [1.82, 2.24) is 19.9 Å². The Balaban J connectivity index is 1.74. The number of hydrogen-bond acceptors (Lipinski definition) is 6. The summed E-state index contributed by atoms with van der Waals surface area (Å²) < 4.78 is 13.2. The molecule has 0 unspecified atom stereocenters. The van der Waals surface area contributed by atoms with Crippen LogP contribution in [-0.2, 0) is 0 Å². The third kappa shape index (κ3) is 3.67. The van der Waals surface area contributed by atoms with Crippen LogP contribution in [0.4, 0.5) is 27.5 Å². The normalized spacial score (nSPS) is 10.8. The number of anilines is 4. The molecule has 0 amide bonds. The van der Waals surface area contributed by atoms with Crippen LogP contribution in [0.25, 0.3) is 11.2 Å². The van der Waals surface area contributed by atoms with Gasteiger partial charge in [-0.15, -0.1) is 0 Å². The second-order valence-corrected chi connectivity index (χ2v) is 6.20. The molecule has 0 aliphatic carbocycles. The molecule has 0 radical (unpaired) electrons. The Morgan fingerprint density at radius 3 is 2.41 bits per heavy atom. The quantitative estimate of drug-likeness (QED) is 0.551. The van der Waals surface area contributed by atoms with Crippen LogP contribution >= 0.6 is 0 Å². The lowest BCUT2D eigenvalue weighted by Gasteiger charge is -2.12. The van der Waals surface area contributed by atoms with Gasteiger partial charge in [-0.3, -0.25) is 0 Å². The largest absolute Gasteiger partial charge is 0.338 e. The van der Waals surface area contributed by atoms with Crippen LogP contribution in [-0.4, -0.2) is 19.9 Å². The summed E-state index contributed by atoms with van der Waals surface area (Å²) in [4.78, 5) is 17.6. The fourth-order valence-corrected chi connectivity index (χ4v) is 2.75. The van der Waals surface area contributed by atoms with Gasteiger partial charge in [-0.2, -0.15) is 9.97 Å². The van der Waals surface area contributed by atoms with Gasteiger partial charge in [0.1, 0.15) is 5.82 Å². The Bertz CT molecular complexity index is 1110. The molecule has 0 fully saturated rings. The first-order valence-corrected chi connectivity index (χ1v) is 8.44. The summed E-state index contributed by atoms with van der Waals surface area (Å²) in [7, 11) is 0. The van der Waals surface area contributed by atoms with Crippen molar-refractivity contribution >= 4 is 34.3 Å². The van der Waals surface area contributed by atoms with E-state index in [0.29, 0.717) is 28.6 Å². The summed E-state index contributed by atoms with van der Waals surface area (Å²) in [5, 5.41) is 6.40. The highest BCUT2D eigenvalue weighted by atomic mass is 19.1. The highest BCUT2D eigenvalue weighted by Crippen LogP contribution is 2.25. The molecule has 0 atom stereocenters. The molecule has 6 nitrogen and oxygen atoms in total. The van der Waals surface area contributed by atoms with Crippen LogP contribution < -0.4 is 10.6 Å². The van der Waals surface area contributed by atoms with Crippen molar-refractivity contribution in [3.05, 3.63) is 71.8 Å². The Hall–Kier alpha value is -3.61. The number of aromatic nitrogens is 4. The van der Waals surface area contributed by atoms with E-state index in [-0.39, 0.29) is 5.82 Å². The third-order valence-electron chi connectivity index (χ3n) is 4.07. The molecule has 2 N–H and O–H groups in total. The minimum Gasteiger partial charge on any atom is -0.338 e. The predicted molar refractivity (Wildman–Crippen MR) is 104 cm³/mol. The maximum Gasteiger partial charge on any atom is 0.231 e. The van der Waals surface area contributed by atoms with E-state index in [9.17, 15) is 4.39 Å². The topological polar surface area (TPSA) is 75.6 Å². The minimum absolute atomic E-state index is 0.301. The fraction of sp³-hybridized carbons (Fsp3) is 0.100. The van der Waals surface area contributed by atoms with E-state index in [4.69, 9.17) is 0 Å². The van der Waals surface area contributed by atoms with Crippen LogP contribution in [0.5, 0.6) is 0 Å². The van der Waals surface area contributed by atoms with E-state index in [0.717, 1.165) is 11.3 Å². The number of hydrogen-bond donors (Lipinski definition) is 2. The zero-order valence-electron chi connectivity index (χ0n) is 14.9. The zero-order chi connectivity index (χ0) is 18.8. The molecule has 134 valence electrons. The van der Waals surface area contributed by atoms with Gasteiger partial charge in [0.15, 0.2) is 17.0 Å². The first-order valence-electron chi connectivity index (χ1n) is 8.44. The highest BCUT2D eigenvalue weighted by Gasteiger charge is 2.11. The van der Waals surface area contributed by atoms with Gasteiger partial charge in [-0.25, -0.2) is 14.4 Å². The summed E-state index contributed by atoms with van der Waals surface area (Å²) >= 11 is 0. The number of nitrogens with one attached hydrogen (secondary N) is 2. The molecule has 2 aromatic heterocycles. The number of nitrogens with zero attached hydrogens (tertiary/aromatic N) is 4. The molecule has 0 spiro atoms. The molecule has 2 aromatic carbocycles. The highest BCUT2D eigenvalue weighted by molar-refractivity contribution is 5.86. The molecular formula is C20H17FN6. The number of rotatable bonds is 4. The smallest absolute Gasteiger partial charge is 0.231 e. The Kier molecular flexibility index (Phi) is 4.33. The molecule has 4 rings (SSSR count). The number of aryl methyl sites for hydroxylation is 2. The van der Waals surface area contributed by atoms with Crippen LogP contribution in [0.15, 0.2) is 54.9 Å². The minimum atomic E-state index is -0.301. The average molecular weight is 360 g/mol. The first-order chi connectivity index (χ1) is 13.1. The van der Waals surface area contributed by atoms with Crippen molar-refractivity contribution in [2.75, 3.05) is 10.6 Å². The summed E-state index contributed by atoms with van der Waals surface area (Å²) in [6.07, 6.45) is 3.16. The van der Waals surface area contributed by atoms with Crippen molar-refractivity contribution in [2.45, 2.75) is 13.8 Å². The molecule has 27 heavy (non-hydrogen) atoms. The van der Waals surface area contributed by atoms with Gasteiger partial charge in [0.25, 0.3) is 0 Å². The van der Waals surface area contributed by atoms with Gasteiger partial charge in [-0.1, -0.05) is 17.7 Å². The molecule has 0 saturated heterocycles. The van der Waals surface area contributed by atoms with Crippen LogP contribution in [0.1, 0.15) is 11.1 Å². The Morgan fingerprint density at radius 2 is 1.63 bits per heavy atom. The monoisotopic (exact) mass is 360 g/mol. The summed E-state index contributed by atoms with van der Waals surface area (Å²) in [5.74, 6) is 0.594. The Morgan fingerprint density at radius 1 is 0.852 bits per heavy atom. The lowest BCUT2D eigenvalue weighted by molar-refractivity contribution is 0.628. The van der Waals surface area contributed by atoms with Gasteiger partial charge in [0, 0.05) is 23.8 Å². The van der Waals surface area contributed by atoms with Crippen LogP contribution in [0.2, 0.25) is 0 Å². The zero-order valence-corrected chi connectivity index (χ0v) is 14.9. The molecule has 4 aromatic rings. The third-order valence-corrected chi connectivity index (χ3v) is 4.07. The fourth-order valence-electron chi connectivity index (χ4n) is 2.75. The predicted octanol–water partition coefficient (Wildman–Crippen LogP) is 4.66. The standard InChI is InChI=1S/C20H17FN6/c1-12-3-8-16(13(2)11-12)25-20-26-18-17(22-9-10-23-18)19(27-20)24-15-6-4-14(21)5-7-15/h3-11H,1-2H3,(H2,23,24,25,26,27). The van der Waals surface area contributed by atoms with Gasteiger partial charge in [0.05, 0.1) is 0 Å². The van der Waals surface area contributed by atoms with Gasteiger partial charge in [-0.05, 0) is 49.7 Å². The number of benzene rings is 2. The molecule has 7 heteroatoms. The summed E-state index contributed by atoms with van der Waals surface area (Å²) in [6.45, 7) is 4.07. The second kappa shape index (κ2) is 6.95. The summed E-state index contributed by atoms with van der Waals surface area (Å²) in [5.41, 5.74) is 4.88. The maximum absolute atomic E-state index is 13.2. The van der Waals surface area contributed by atoms with Crippen molar-refractivity contribution in [2.24, 2.45) is 0 Å². The number of fused-ring (bicyclic) bond motifs is 1. The van der Waals surface area contributed by atoms with Gasteiger partial charge >= 0.3 is 0 Å². The molecule has 0 saturated carbocycles. The lowest BCUT2D eigenvalue weighted by atomic mass is 10.1. The van der Waals surface area contributed by atoms with E-state index >= 15 is 0 Å². The lowest BCUT2D eigenvalue weighted by Crippen LogP contribution is -2.04. The molecule has 0 aliphatic rings. The summed E-state index contributed by atoms with van der Waals surface area (Å²) in [6, 6.07) is 12.1. The van der Waals surface area contributed by atoms with E-state index in [1.807, 2.05) is 26.0 Å². The molecule has 2 heterocycles. The molecule has 0 bridgehead atoms.